The number of hydrogen-bond donors (Lipinski definition) is 1. The molecule has 158 valence electrons. The van der Waals surface area contributed by atoms with Gasteiger partial charge < -0.3 is 19.5 Å². The highest BCUT2D eigenvalue weighted by molar-refractivity contribution is 5.91. The molecule has 3 heterocycles. The molecule has 1 N–H and O–H groups in total. The van der Waals surface area contributed by atoms with E-state index in [4.69, 9.17) is 4.74 Å². The second-order valence-corrected chi connectivity index (χ2v) is 8.28. The summed E-state index contributed by atoms with van der Waals surface area (Å²) < 4.78 is 7.29. The molecule has 2 amide bonds. The van der Waals surface area contributed by atoms with Crippen molar-refractivity contribution in [1.82, 2.24) is 9.47 Å². The summed E-state index contributed by atoms with van der Waals surface area (Å²) in [4.78, 5) is 27.6. The number of urea groups is 1. The number of carbonyl (C=O) groups is 1. The lowest BCUT2D eigenvalue weighted by molar-refractivity contribution is 0.140. The predicted molar refractivity (Wildman–Crippen MR) is 121 cm³/mol. The van der Waals surface area contributed by atoms with Crippen LogP contribution in [0.2, 0.25) is 0 Å². The summed E-state index contributed by atoms with van der Waals surface area (Å²) in [6.45, 7) is 1.86. The molecule has 0 spiro atoms. The largest absolute Gasteiger partial charge is 0.495 e. The van der Waals surface area contributed by atoms with E-state index in [1.54, 1.807) is 13.2 Å². The summed E-state index contributed by atoms with van der Waals surface area (Å²) in [5.41, 5.74) is 3.92. The molecule has 2 aliphatic rings. The summed E-state index contributed by atoms with van der Waals surface area (Å²) in [7, 11) is 1.59. The van der Waals surface area contributed by atoms with E-state index in [-0.39, 0.29) is 23.4 Å². The zero-order chi connectivity index (χ0) is 21.4. The topological polar surface area (TPSA) is 63.6 Å². The van der Waals surface area contributed by atoms with Gasteiger partial charge in [-0.05, 0) is 36.1 Å². The number of nitrogens with zero attached hydrogens (tertiary/aromatic N) is 2. The average molecular weight is 415 g/mol. The number of ether oxygens (including phenoxy) is 1. The molecule has 1 saturated heterocycles. The molecule has 2 atom stereocenters. The van der Waals surface area contributed by atoms with E-state index in [0.717, 1.165) is 23.2 Å². The molecular formula is C25H25N3O3. The number of anilines is 1. The maximum absolute atomic E-state index is 13.1. The monoisotopic (exact) mass is 415 g/mol. The van der Waals surface area contributed by atoms with E-state index in [2.05, 4.69) is 17.4 Å². The number of aromatic nitrogens is 1. The highest BCUT2D eigenvalue weighted by Crippen LogP contribution is 2.40. The zero-order valence-corrected chi connectivity index (χ0v) is 17.5. The molecule has 2 bridgehead atoms. The van der Waals surface area contributed by atoms with Crippen LogP contribution in [-0.4, -0.2) is 35.7 Å². The smallest absolute Gasteiger partial charge is 0.321 e. The van der Waals surface area contributed by atoms with E-state index in [1.165, 1.54) is 0 Å². The molecule has 31 heavy (non-hydrogen) atoms. The number of rotatable bonds is 3. The number of amides is 2. The summed E-state index contributed by atoms with van der Waals surface area (Å²) in [6.07, 6.45) is 0.988. The molecule has 5 rings (SSSR count). The van der Waals surface area contributed by atoms with Crippen molar-refractivity contribution in [3.05, 3.63) is 82.8 Å². The lowest BCUT2D eigenvalue weighted by atomic mass is 9.80. The standard InChI is InChI=1S/C25H25N3O3/c1-31-22-10-6-5-9-21(22)26-25(30)27-14-17-13-19(16-27)24-20(18-7-3-2-4-8-18)11-12-23(29)28(24)15-17/h2-12,17,19H,13-16H2,1H3,(H,26,30)/t17-,19-/m1/s1. The molecular weight excluding hydrogens is 390 g/mol. The number of nitrogens with one attached hydrogen (secondary N) is 1. The molecule has 6 heteroatoms. The van der Waals surface area contributed by atoms with Crippen LogP contribution in [0.5, 0.6) is 5.75 Å². The molecule has 0 radical (unpaired) electrons. The van der Waals surface area contributed by atoms with Crippen molar-refractivity contribution >= 4 is 11.7 Å². The zero-order valence-electron chi connectivity index (χ0n) is 17.5. The van der Waals surface area contributed by atoms with Gasteiger partial charge in [-0.2, -0.15) is 0 Å². The van der Waals surface area contributed by atoms with Crippen LogP contribution >= 0.6 is 0 Å². The van der Waals surface area contributed by atoms with Gasteiger partial charge in [-0.1, -0.05) is 42.5 Å². The molecule has 1 fully saturated rings. The van der Waals surface area contributed by atoms with Crippen LogP contribution in [0.1, 0.15) is 18.0 Å². The molecule has 2 aliphatic heterocycles. The van der Waals surface area contributed by atoms with E-state index >= 15 is 0 Å². The predicted octanol–water partition coefficient (Wildman–Crippen LogP) is 4.18. The van der Waals surface area contributed by atoms with E-state index in [1.807, 2.05) is 58.0 Å². The van der Waals surface area contributed by atoms with Gasteiger partial charge in [0.1, 0.15) is 5.75 Å². The van der Waals surface area contributed by atoms with Crippen molar-refractivity contribution < 1.29 is 9.53 Å². The normalized spacial score (nSPS) is 19.5. The first-order chi connectivity index (χ1) is 15.1. The highest BCUT2D eigenvalue weighted by Gasteiger charge is 2.38. The fourth-order valence-corrected chi connectivity index (χ4v) is 4.98. The highest BCUT2D eigenvalue weighted by atomic mass is 16.5. The molecule has 6 nitrogen and oxygen atoms in total. The molecule has 1 aromatic heterocycles. The number of methoxy groups -OCH3 is 1. The Morgan fingerprint density at radius 3 is 2.55 bits per heavy atom. The Morgan fingerprint density at radius 1 is 0.968 bits per heavy atom. The van der Waals surface area contributed by atoms with Crippen molar-refractivity contribution in [2.24, 2.45) is 5.92 Å². The van der Waals surface area contributed by atoms with Crippen molar-refractivity contribution in [2.75, 3.05) is 25.5 Å². The number of fused-ring (bicyclic) bond motifs is 4. The van der Waals surface area contributed by atoms with Gasteiger partial charge >= 0.3 is 6.03 Å². The third-order valence-corrected chi connectivity index (χ3v) is 6.31. The van der Waals surface area contributed by atoms with Crippen LogP contribution in [-0.2, 0) is 6.54 Å². The first kappa shape index (κ1) is 19.4. The summed E-state index contributed by atoms with van der Waals surface area (Å²) in [6, 6.07) is 21.0. The number of para-hydroxylation sites is 2. The Bertz CT molecular complexity index is 1170. The Balaban J connectivity index is 1.46. The maximum Gasteiger partial charge on any atom is 0.321 e. The van der Waals surface area contributed by atoms with Crippen LogP contribution < -0.4 is 15.6 Å². The Morgan fingerprint density at radius 2 is 1.74 bits per heavy atom. The Kier molecular flexibility index (Phi) is 4.98. The summed E-state index contributed by atoms with van der Waals surface area (Å²) in [5, 5.41) is 3.00. The van der Waals surface area contributed by atoms with Gasteiger partial charge in [0.05, 0.1) is 12.8 Å². The van der Waals surface area contributed by atoms with Crippen LogP contribution in [0.25, 0.3) is 11.1 Å². The molecule has 0 aliphatic carbocycles. The van der Waals surface area contributed by atoms with Gasteiger partial charge in [-0.15, -0.1) is 0 Å². The second kappa shape index (κ2) is 7.95. The Hall–Kier alpha value is -3.54. The lowest BCUT2D eigenvalue weighted by Gasteiger charge is -2.43. The first-order valence-electron chi connectivity index (χ1n) is 10.6. The van der Waals surface area contributed by atoms with Crippen molar-refractivity contribution in [2.45, 2.75) is 18.9 Å². The Labute approximate surface area is 181 Å². The number of hydrogen-bond acceptors (Lipinski definition) is 3. The SMILES string of the molecule is COc1ccccc1NC(=O)N1C[C@H]2C[C@H](C1)c1c(-c3ccccc3)ccc(=O)n1C2. The molecule has 3 aromatic rings. The fraction of sp³-hybridized carbons (Fsp3) is 0.280. The van der Waals surface area contributed by atoms with Crippen LogP contribution in [0.3, 0.4) is 0 Å². The van der Waals surface area contributed by atoms with Gasteiger partial charge in [-0.3, -0.25) is 4.79 Å². The van der Waals surface area contributed by atoms with E-state index in [9.17, 15) is 9.59 Å². The number of carbonyl (C=O) groups excluding carboxylic acids is 1. The third-order valence-electron chi connectivity index (χ3n) is 6.31. The fourth-order valence-electron chi connectivity index (χ4n) is 4.98. The maximum atomic E-state index is 13.1. The van der Waals surface area contributed by atoms with Gasteiger partial charge in [0.15, 0.2) is 0 Å². The summed E-state index contributed by atoms with van der Waals surface area (Å²) in [5.74, 6) is 1.02. The minimum Gasteiger partial charge on any atom is -0.495 e. The molecule has 0 unspecified atom stereocenters. The third kappa shape index (κ3) is 3.58. The molecule has 2 aromatic carbocycles. The minimum absolute atomic E-state index is 0.0382. The quantitative estimate of drug-likeness (QED) is 0.698. The number of likely N-dealkylation sites (tertiary alicyclic amines) is 1. The van der Waals surface area contributed by atoms with Crippen molar-refractivity contribution in [3.63, 3.8) is 0 Å². The van der Waals surface area contributed by atoms with Gasteiger partial charge in [0.25, 0.3) is 5.56 Å². The number of benzene rings is 2. The van der Waals surface area contributed by atoms with Crippen LogP contribution in [0.15, 0.2) is 71.5 Å². The molecule has 0 saturated carbocycles. The van der Waals surface area contributed by atoms with E-state index in [0.29, 0.717) is 31.1 Å². The van der Waals surface area contributed by atoms with E-state index < -0.39 is 0 Å². The van der Waals surface area contributed by atoms with Crippen LogP contribution in [0.4, 0.5) is 10.5 Å². The average Bonchev–Trinajstić information content (AvgIpc) is 2.80. The minimum atomic E-state index is -0.132. The van der Waals surface area contributed by atoms with Gasteiger partial charge in [0, 0.05) is 42.9 Å². The number of pyridine rings is 1. The van der Waals surface area contributed by atoms with Gasteiger partial charge in [0.2, 0.25) is 0 Å². The lowest BCUT2D eigenvalue weighted by Crippen LogP contribution is -2.50. The van der Waals surface area contributed by atoms with Crippen molar-refractivity contribution in [3.8, 4) is 16.9 Å². The second-order valence-electron chi connectivity index (χ2n) is 8.28. The number of piperidine rings is 1. The first-order valence-corrected chi connectivity index (χ1v) is 10.6. The van der Waals surface area contributed by atoms with Crippen LogP contribution in [0, 0.1) is 5.92 Å². The van der Waals surface area contributed by atoms with Crippen molar-refractivity contribution in [1.29, 1.82) is 0 Å². The summed E-state index contributed by atoms with van der Waals surface area (Å²) >= 11 is 0. The van der Waals surface area contributed by atoms with Gasteiger partial charge in [-0.25, -0.2) is 4.79 Å².